The highest BCUT2D eigenvalue weighted by Crippen LogP contribution is 2.40. The average Bonchev–Trinajstić information content (AvgIpc) is 3.23. The molecule has 52 heavy (non-hydrogen) atoms. The SMILES string of the molecule is c1ccc(-c2cccc(-c3nc(-c4ccccc4)nc(-c4ccc(-c5cc6c(ccc7ccc8ccccc8c76)c6ccccc56)cc4)n3)c2)cc1. The number of nitrogens with zero attached hydrogens (tertiary/aromatic N) is 3. The van der Waals surface area contributed by atoms with Gasteiger partial charge in [-0.05, 0) is 77.5 Å². The first-order valence-corrected chi connectivity index (χ1v) is 17.6. The van der Waals surface area contributed by atoms with Crippen LogP contribution in [0.2, 0.25) is 0 Å². The van der Waals surface area contributed by atoms with Crippen molar-refractivity contribution in [2.45, 2.75) is 0 Å². The Hall–Kier alpha value is -6.97. The molecule has 9 aromatic carbocycles. The summed E-state index contributed by atoms with van der Waals surface area (Å²) in [4.78, 5) is 15.1. The van der Waals surface area contributed by atoms with E-state index < -0.39 is 0 Å². The minimum atomic E-state index is 0.640. The second-order valence-electron chi connectivity index (χ2n) is 13.2. The summed E-state index contributed by atoms with van der Waals surface area (Å²) in [6.07, 6.45) is 0. The number of hydrogen-bond donors (Lipinski definition) is 0. The summed E-state index contributed by atoms with van der Waals surface area (Å²) in [6.45, 7) is 0. The summed E-state index contributed by atoms with van der Waals surface area (Å²) in [6, 6.07) is 66.5. The maximum Gasteiger partial charge on any atom is 0.164 e. The molecule has 0 atom stereocenters. The van der Waals surface area contributed by atoms with Gasteiger partial charge in [0.25, 0.3) is 0 Å². The van der Waals surface area contributed by atoms with Gasteiger partial charge in [-0.25, -0.2) is 15.0 Å². The molecule has 0 radical (unpaired) electrons. The van der Waals surface area contributed by atoms with Crippen molar-refractivity contribution in [1.29, 1.82) is 0 Å². The van der Waals surface area contributed by atoms with Crippen molar-refractivity contribution in [3.05, 3.63) is 188 Å². The molecule has 0 aliphatic heterocycles. The maximum atomic E-state index is 5.07. The van der Waals surface area contributed by atoms with Crippen LogP contribution in [-0.2, 0) is 0 Å². The molecule has 0 fully saturated rings. The van der Waals surface area contributed by atoms with Crippen molar-refractivity contribution in [2.24, 2.45) is 0 Å². The Kier molecular flexibility index (Phi) is 7.14. The van der Waals surface area contributed by atoms with Crippen LogP contribution in [0.1, 0.15) is 0 Å². The van der Waals surface area contributed by atoms with Crippen molar-refractivity contribution in [3.8, 4) is 56.4 Å². The number of hydrogen-bond acceptors (Lipinski definition) is 3. The van der Waals surface area contributed by atoms with E-state index in [4.69, 9.17) is 15.0 Å². The van der Waals surface area contributed by atoms with E-state index in [9.17, 15) is 0 Å². The number of fused-ring (bicyclic) bond motifs is 7. The second kappa shape index (κ2) is 12.4. The zero-order chi connectivity index (χ0) is 34.4. The van der Waals surface area contributed by atoms with Gasteiger partial charge in [-0.1, -0.05) is 176 Å². The fourth-order valence-corrected chi connectivity index (χ4v) is 7.54. The van der Waals surface area contributed by atoms with Crippen LogP contribution in [-0.4, -0.2) is 15.0 Å². The normalized spacial score (nSPS) is 11.5. The van der Waals surface area contributed by atoms with Crippen LogP contribution >= 0.6 is 0 Å². The van der Waals surface area contributed by atoms with Crippen molar-refractivity contribution in [2.75, 3.05) is 0 Å². The van der Waals surface area contributed by atoms with Crippen LogP contribution in [0.5, 0.6) is 0 Å². The van der Waals surface area contributed by atoms with E-state index in [1.54, 1.807) is 0 Å². The molecule has 0 bridgehead atoms. The maximum absolute atomic E-state index is 5.07. The molecule has 0 aliphatic rings. The van der Waals surface area contributed by atoms with Crippen LogP contribution in [0, 0.1) is 0 Å². The lowest BCUT2D eigenvalue weighted by atomic mass is 9.89. The fourth-order valence-electron chi connectivity index (χ4n) is 7.54. The predicted molar refractivity (Wildman–Crippen MR) is 217 cm³/mol. The van der Waals surface area contributed by atoms with Crippen LogP contribution in [0.15, 0.2) is 188 Å². The second-order valence-corrected chi connectivity index (χ2v) is 13.2. The Morgan fingerprint density at radius 1 is 0.250 bits per heavy atom. The van der Waals surface area contributed by atoms with Crippen LogP contribution in [0.3, 0.4) is 0 Å². The minimum absolute atomic E-state index is 0.640. The molecule has 0 spiro atoms. The third-order valence-electron chi connectivity index (χ3n) is 10.1. The Morgan fingerprint density at radius 3 is 1.50 bits per heavy atom. The predicted octanol–water partition coefficient (Wildman–Crippen LogP) is 12.8. The summed E-state index contributed by atoms with van der Waals surface area (Å²) in [7, 11) is 0. The smallest absolute Gasteiger partial charge is 0.164 e. The van der Waals surface area contributed by atoms with Gasteiger partial charge in [-0.3, -0.25) is 0 Å². The Bertz CT molecular complexity index is 2930. The largest absolute Gasteiger partial charge is 0.208 e. The number of benzene rings is 9. The third kappa shape index (κ3) is 5.19. The Labute approximate surface area is 301 Å². The van der Waals surface area contributed by atoms with Crippen LogP contribution in [0.25, 0.3) is 99.5 Å². The van der Waals surface area contributed by atoms with Gasteiger partial charge in [0.1, 0.15) is 0 Å². The standard InChI is InChI=1S/C49H31N3/c1-3-12-32(13-4-1)38-17-11-18-39(30-38)49-51-47(36-15-5-2-6-16-36)50-48(52-49)37-26-23-34(24-27-37)44-31-45-43(41-20-9-10-21-42(41)44)29-28-35-25-22-33-14-7-8-19-40(33)46(35)45/h1-31H. The molecule has 0 saturated carbocycles. The van der Waals surface area contributed by atoms with Gasteiger partial charge in [-0.2, -0.15) is 0 Å². The molecule has 1 heterocycles. The van der Waals surface area contributed by atoms with E-state index in [0.717, 1.165) is 33.4 Å². The first kappa shape index (κ1) is 29.9. The summed E-state index contributed by atoms with van der Waals surface area (Å²) >= 11 is 0. The molecule has 242 valence electrons. The average molecular weight is 662 g/mol. The fraction of sp³-hybridized carbons (Fsp3) is 0. The molecule has 3 nitrogen and oxygen atoms in total. The lowest BCUT2D eigenvalue weighted by Crippen LogP contribution is -2.00. The van der Waals surface area contributed by atoms with Gasteiger partial charge < -0.3 is 0 Å². The van der Waals surface area contributed by atoms with E-state index in [-0.39, 0.29) is 0 Å². The van der Waals surface area contributed by atoms with Crippen molar-refractivity contribution in [1.82, 2.24) is 15.0 Å². The first-order valence-electron chi connectivity index (χ1n) is 17.6. The Balaban J connectivity index is 1.12. The van der Waals surface area contributed by atoms with E-state index in [0.29, 0.717) is 17.5 Å². The number of rotatable bonds is 5. The van der Waals surface area contributed by atoms with Crippen molar-refractivity contribution >= 4 is 43.1 Å². The first-order chi connectivity index (χ1) is 25.8. The molecule has 1 aromatic heterocycles. The van der Waals surface area contributed by atoms with Gasteiger partial charge in [0.15, 0.2) is 17.5 Å². The van der Waals surface area contributed by atoms with Gasteiger partial charge in [0, 0.05) is 16.7 Å². The monoisotopic (exact) mass is 661 g/mol. The Morgan fingerprint density at radius 2 is 0.750 bits per heavy atom. The molecule has 3 heteroatoms. The molecule has 0 saturated heterocycles. The van der Waals surface area contributed by atoms with Crippen LogP contribution in [0.4, 0.5) is 0 Å². The van der Waals surface area contributed by atoms with E-state index in [2.05, 4.69) is 152 Å². The molecular weight excluding hydrogens is 631 g/mol. The quantitative estimate of drug-likeness (QED) is 0.172. The summed E-state index contributed by atoms with van der Waals surface area (Å²) in [5, 5.41) is 10.1. The zero-order valence-corrected chi connectivity index (χ0v) is 28.2. The van der Waals surface area contributed by atoms with Crippen LogP contribution < -0.4 is 0 Å². The minimum Gasteiger partial charge on any atom is -0.208 e. The summed E-state index contributed by atoms with van der Waals surface area (Å²) in [5.74, 6) is 1.93. The van der Waals surface area contributed by atoms with Crippen molar-refractivity contribution < 1.29 is 0 Å². The molecular formula is C49H31N3. The summed E-state index contributed by atoms with van der Waals surface area (Å²) < 4.78 is 0. The number of aromatic nitrogens is 3. The highest BCUT2D eigenvalue weighted by atomic mass is 15.0. The van der Waals surface area contributed by atoms with Crippen molar-refractivity contribution in [3.63, 3.8) is 0 Å². The summed E-state index contributed by atoms with van der Waals surface area (Å²) in [5.41, 5.74) is 7.45. The van der Waals surface area contributed by atoms with Gasteiger partial charge in [0.05, 0.1) is 0 Å². The topological polar surface area (TPSA) is 38.7 Å². The molecule has 0 unspecified atom stereocenters. The molecule has 0 N–H and O–H groups in total. The lowest BCUT2D eigenvalue weighted by molar-refractivity contribution is 1.07. The third-order valence-corrected chi connectivity index (χ3v) is 10.1. The van der Waals surface area contributed by atoms with E-state index in [1.807, 2.05) is 36.4 Å². The van der Waals surface area contributed by atoms with E-state index >= 15 is 0 Å². The molecule has 0 aliphatic carbocycles. The highest BCUT2D eigenvalue weighted by Gasteiger charge is 2.16. The molecule has 10 rings (SSSR count). The highest BCUT2D eigenvalue weighted by molar-refractivity contribution is 6.26. The molecule has 0 amide bonds. The molecule has 10 aromatic rings. The van der Waals surface area contributed by atoms with E-state index in [1.165, 1.54) is 48.7 Å². The van der Waals surface area contributed by atoms with Gasteiger partial charge in [-0.15, -0.1) is 0 Å². The zero-order valence-electron chi connectivity index (χ0n) is 28.2. The van der Waals surface area contributed by atoms with Gasteiger partial charge >= 0.3 is 0 Å². The van der Waals surface area contributed by atoms with Gasteiger partial charge in [0.2, 0.25) is 0 Å². The lowest BCUT2D eigenvalue weighted by Gasteiger charge is -2.15.